The minimum absolute atomic E-state index is 0.0938. The zero-order chi connectivity index (χ0) is 28.4. The lowest BCUT2D eigenvalue weighted by Crippen LogP contribution is -2.28. The molecule has 0 bridgehead atoms. The first kappa shape index (κ1) is 30.0. The normalized spacial score (nSPS) is 11.3. The molecule has 0 saturated carbocycles. The molecule has 0 N–H and O–H groups in total. The van der Waals surface area contributed by atoms with E-state index in [1.165, 1.54) is 24.5 Å². The van der Waals surface area contributed by atoms with Gasteiger partial charge in [0.2, 0.25) is 17.1 Å². The summed E-state index contributed by atoms with van der Waals surface area (Å²) in [4.78, 5) is 32.9. The van der Waals surface area contributed by atoms with E-state index in [0.717, 1.165) is 50.0 Å². The molecule has 0 aliphatic carbocycles. The van der Waals surface area contributed by atoms with Crippen molar-refractivity contribution in [1.82, 2.24) is 9.97 Å². The summed E-state index contributed by atoms with van der Waals surface area (Å²) in [7, 11) is 0. The molecule has 0 aliphatic heterocycles. The van der Waals surface area contributed by atoms with E-state index >= 15 is 0 Å². The summed E-state index contributed by atoms with van der Waals surface area (Å²) in [6.45, 7) is 2.41. The molecule has 12 heteroatoms. The van der Waals surface area contributed by atoms with Crippen LogP contribution < -0.4 is 4.90 Å². The standard InChI is InChI=1S/C27H29F4N3O4S/c1-3-4-5-6-7-8-10-19-12-13-21(15-22(19)27(29,30)31)34(26(36)38-17-37-18(2)35)25-33-23(24(28)39-25)20-11-9-14-32-16-20/h9,11-16H,3-8,10,17H2,1-2H3. The van der Waals surface area contributed by atoms with E-state index in [1.807, 2.05) is 0 Å². The Morgan fingerprint density at radius 3 is 2.46 bits per heavy atom. The van der Waals surface area contributed by atoms with Crippen molar-refractivity contribution >= 4 is 34.2 Å². The molecule has 2 heterocycles. The third kappa shape index (κ3) is 8.47. The number of carbonyl (C=O) groups excluding carboxylic acids is 2. The summed E-state index contributed by atoms with van der Waals surface area (Å²) in [5.41, 5.74) is -0.854. The van der Waals surface area contributed by atoms with Gasteiger partial charge in [0, 0.05) is 24.9 Å². The number of aryl methyl sites for hydroxylation is 1. The van der Waals surface area contributed by atoms with Gasteiger partial charge >= 0.3 is 18.2 Å². The molecule has 0 saturated heterocycles. The van der Waals surface area contributed by atoms with E-state index in [4.69, 9.17) is 4.74 Å². The van der Waals surface area contributed by atoms with Crippen molar-refractivity contribution in [3.8, 4) is 11.3 Å². The van der Waals surface area contributed by atoms with Crippen molar-refractivity contribution in [3.63, 3.8) is 0 Å². The number of esters is 1. The van der Waals surface area contributed by atoms with Gasteiger partial charge in [-0.05, 0) is 42.7 Å². The minimum Gasteiger partial charge on any atom is -0.428 e. The first-order valence-electron chi connectivity index (χ1n) is 12.5. The van der Waals surface area contributed by atoms with E-state index in [-0.39, 0.29) is 28.5 Å². The molecule has 0 atom stereocenters. The Labute approximate surface area is 227 Å². The molecule has 1 aromatic carbocycles. The van der Waals surface area contributed by atoms with Crippen LogP contribution in [0.3, 0.4) is 0 Å². The number of benzene rings is 1. The second-order valence-corrected chi connectivity index (χ2v) is 9.64. The maximum absolute atomic E-state index is 14.9. The summed E-state index contributed by atoms with van der Waals surface area (Å²) in [6.07, 6.45) is 2.72. The third-order valence-corrected chi connectivity index (χ3v) is 6.61. The van der Waals surface area contributed by atoms with Gasteiger partial charge in [0.1, 0.15) is 5.69 Å². The second-order valence-electron chi connectivity index (χ2n) is 8.72. The smallest absolute Gasteiger partial charge is 0.423 e. The Hall–Kier alpha value is -3.54. The highest BCUT2D eigenvalue weighted by atomic mass is 32.1. The maximum Gasteiger partial charge on any atom is 0.423 e. The van der Waals surface area contributed by atoms with E-state index in [0.29, 0.717) is 23.3 Å². The van der Waals surface area contributed by atoms with Gasteiger partial charge in [0.25, 0.3) is 0 Å². The molecular formula is C27H29F4N3O4S. The first-order valence-corrected chi connectivity index (χ1v) is 13.3. The lowest BCUT2D eigenvalue weighted by molar-refractivity contribution is -0.148. The van der Waals surface area contributed by atoms with Crippen LogP contribution >= 0.6 is 11.3 Å². The lowest BCUT2D eigenvalue weighted by Gasteiger charge is -2.22. The van der Waals surface area contributed by atoms with Gasteiger partial charge in [0.05, 0.1) is 11.3 Å². The molecule has 7 nitrogen and oxygen atoms in total. The van der Waals surface area contributed by atoms with Crippen molar-refractivity contribution in [3.05, 3.63) is 59.0 Å². The molecule has 3 rings (SSSR count). The molecule has 39 heavy (non-hydrogen) atoms. The Kier molecular flexibility index (Phi) is 10.8. The van der Waals surface area contributed by atoms with Crippen molar-refractivity contribution in [1.29, 1.82) is 0 Å². The fraction of sp³-hybridized carbons (Fsp3) is 0.407. The average molecular weight is 568 g/mol. The zero-order valence-corrected chi connectivity index (χ0v) is 22.4. The van der Waals surface area contributed by atoms with Gasteiger partial charge in [-0.2, -0.15) is 17.6 Å². The lowest BCUT2D eigenvalue weighted by atomic mass is 9.99. The fourth-order valence-corrected chi connectivity index (χ4v) is 4.70. The molecule has 0 spiro atoms. The number of hydrogen-bond acceptors (Lipinski definition) is 7. The summed E-state index contributed by atoms with van der Waals surface area (Å²) in [5, 5.41) is -1.04. The maximum atomic E-state index is 14.9. The molecule has 1 amide bonds. The van der Waals surface area contributed by atoms with Gasteiger partial charge in [-0.25, -0.2) is 14.7 Å². The number of amides is 1. The van der Waals surface area contributed by atoms with Crippen molar-refractivity contribution in [2.45, 2.75) is 65.0 Å². The number of nitrogens with zero attached hydrogens (tertiary/aromatic N) is 3. The topological polar surface area (TPSA) is 81.6 Å². The zero-order valence-electron chi connectivity index (χ0n) is 21.6. The van der Waals surface area contributed by atoms with Crippen molar-refractivity contribution in [2.24, 2.45) is 0 Å². The number of ether oxygens (including phenoxy) is 2. The van der Waals surface area contributed by atoms with E-state index < -0.39 is 35.7 Å². The van der Waals surface area contributed by atoms with Gasteiger partial charge in [-0.3, -0.25) is 9.78 Å². The van der Waals surface area contributed by atoms with Crippen LogP contribution in [0.1, 0.15) is 63.5 Å². The Balaban J connectivity index is 1.96. The first-order chi connectivity index (χ1) is 18.6. The van der Waals surface area contributed by atoms with Crippen LogP contribution in [0, 0.1) is 5.13 Å². The van der Waals surface area contributed by atoms with Gasteiger partial charge in [0.15, 0.2) is 0 Å². The predicted molar refractivity (Wildman–Crippen MR) is 139 cm³/mol. The molecule has 0 aliphatic rings. The highest BCUT2D eigenvalue weighted by molar-refractivity contribution is 7.14. The number of carbonyl (C=O) groups is 2. The molecule has 0 unspecified atom stereocenters. The molecule has 3 aromatic rings. The molecule has 0 fully saturated rings. The number of thiazole rings is 1. The third-order valence-electron chi connectivity index (χ3n) is 5.78. The van der Waals surface area contributed by atoms with Crippen molar-refractivity contribution < 1.29 is 36.6 Å². The van der Waals surface area contributed by atoms with E-state index in [2.05, 4.69) is 21.6 Å². The summed E-state index contributed by atoms with van der Waals surface area (Å²) in [5.74, 6) is -0.730. The number of halogens is 4. The van der Waals surface area contributed by atoms with Crippen LogP contribution in [-0.2, 0) is 26.9 Å². The molecular weight excluding hydrogens is 538 g/mol. The largest absolute Gasteiger partial charge is 0.428 e. The average Bonchev–Trinajstić information content (AvgIpc) is 3.27. The molecule has 2 aromatic heterocycles. The van der Waals surface area contributed by atoms with Crippen molar-refractivity contribution in [2.75, 3.05) is 11.7 Å². The number of aromatic nitrogens is 2. The number of anilines is 2. The van der Waals surface area contributed by atoms with E-state index in [1.54, 1.807) is 12.1 Å². The van der Waals surface area contributed by atoms with Crippen LogP contribution in [0.2, 0.25) is 0 Å². The summed E-state index contributed by atoms with van der Waals surface area (Å²) >= 11 is 0.452. The van der Waals surface area contributed by atoms with Gasteiger partial charge in [-0.1, -0.05) is 56.4 Å². The number of rotatable bonds is 12. The molecule has 210 valence electrons. The summed E-state index contributed by atoms with van der Waals surface area (Å²) in [6, 6.07) is 6.58. The second kappa shape index (κ2) is 14.0. The fourth-order valence-electron chi connectivity index (χ4n) is 3.87. The van der Waals surface area contributed by atoms with E-state index in [9.17, 15) is 27.2 Å². The number of hydrogen-bond donors (Lipinski definition) is 0. The Morgan fingerprint density at radius 1 is 1.05 bits per heavy atom. The van der Waals surface area contributed by atoms with Crippen LogP contribution in [0.15, 0.2) is 42.7 Å². The van der Waals surface area contributed by atoms with Gasteiger partial charge in [-0.15, -0.1) is 0 Å². The Bertz CT molecular complexity index is 1250. The minimum atomic E-state index is -4.70. The molecule has 0 radical (unpaired) electrons. The number of alkyl halides is 3. The Morgan fingerprint density at radius 2 is 1.79 bits per heavy atom. The number of pyridine rings is 1. The highest BCUT2D eigenvalue weighted by Crippen LogP contribution is 2.39. The monoisotopic (exact) mass is 567 g/mol. The van der Waals surface area contributed by atoms with Crippen LogP contribution in [-0.4, -0.2) is 28.8 Å². The SMILES string of the molecule is CCCCCCCCc1ccc(N(C(=O)OCOC(C)=O)c2nc(-c3cccnc3)c(F)s2)cc1C(F)(F)F. The van der Waals surface area contributed by atoms with Crippen LogP contribution in [0.5, 0.6) is 0 Å². The predicted octanol–water partition coefficient (Wildman–Crippen LogP) is 8.06. The van der Waals surface area contributed by atoms with Gasteiger partial charge < -0.3 is 9.47 Å². The van der Waals surface area contributed by atoms with Crippen LogP contribution in [0.25, 0.3) is 11.3 Å². The highest BCUT2D eigenvalue weighted by Gasteiger charge is 2.35. The number of unbranched alkanes of at least 4 members (excludes halogenated alkanes) is 5. The van der Waals surface area contributed by atoms with Crippen LogP contribution in [0.4, 0.5) is 33.2 Å². The summed E-state index contributed by atoms with van der Waals surface area (Å²) < 4.78 is 66.7. The quantitative estimate of drug-likeness (QED) is 0.0953.